The molecule has 110 valence electrons. The first kappa shape index (κ1) is 14.8. The Bertz CT molecular complexity index is 435. The Morgan fingerprint density at radius 2 is 2.11 bits per heavy atom. The summed E-state index contributed by atoms with van der Waals surface area (Å²) in [6.07, 6.45) is 3.23. The van der Waals surface area contributed by atoms with Gasteiger partial charge in [0.2, 0.25) is 5.91 Å². The summed E-state index contributed by atoms with van der Waals surface area (Å²) < 4.78 is 23.8. The van der Waals surface area contributed by atoms with Crippen molar-refractivity contribution in [2.75, 3.05) is 25.9 Å². The second kappa shape index (κ2) is 5.79. The molecule has 2 aliphatic heterocycles. The van der Waals surface area contributed by atoms with Crippen molar-refractivity contribution in [3.05, 3.63) is 0 Å². The lowest BCUT2D eigenvalue weighted by Crippen LogP contribution is -2.47. The third-order valence-corrected chi connectivity index (χ3v) is 6.63. The minimum Gasteiger partial charge on any atom is -0.340 e. The molecule has 0 aromatic rings. The van der Waals surface area contributed by atoms with E-state index in [-0.39, 0.29) is 23.0 Å². The van der Waals surface area contributed by atoms with Gasteiger partial charge in [0.15, 0.2) is 9.84 Å². The summed E-state index contributed by atoms with van der Waals surface area (Å²) in [6, 6.07) is -0.165. The highest BCUT2D eigenvalue weighted by atomic mass is 32.2. The van der Waals surface area contributed by atoms with Gasteiger partial charge in [0.05, 0.1) is 17.0 Å². The van der Waals surface area contributed by atoms with Crippen molar-refractivity contribution in [2.24, 2.45) is 5.92 Å². The van der Waals surface area contributed by atoms with Gasteiger partial charge in [-0.05, 0) is 38.6 Å². The smallest absolute Gasteiger partial charge is 0.239 e. The molecule has 1 N–H and O–H groups in total. The first-order chi connectivity index (χ1) is 8.94. The number of hydrogen-bond acceptors (Lipinski definition) is 4. The molecule has 19 heavy (non-hydrogen) atoms. The molecule has 2 fully saturated rings. The first-order valence-corrected chi connectivity index (χ1v) is 8.83. The minimum atomic E-state index is -2.97. The van der Waals surface area contributed by atoms with Gasteiger partial charge in [-0.25, -0.2) is 8.42 Å². The van der Waals surface area contributed by atoms with Gasteiger partial charge in [-0.2, -0.15) is 0 Å². The molecule has 0 aromatic heterocycles. The lowest BCUT2D eigenvalue weighted by Gasteiger charge is -2.26. The molecule has 0 spiro atoms. The molecule has 0 aromatic carbocycles. The van der Waals surface area contributed by atoms with Crippen LogP contribution in [0.3, 0.4) is 0 Å². The predicted octanol–water partition coefficient (Wildman–Crippen LogP) is 0.410. The van der Waals surface area contributed by atoms with Crippen LogP contribution in [0, 0.1) is 5.92 Å². The molecule has 5 nitrogen and oxygen atoms in total. The molecule has 2 rings (SSSR count). The summed E-state index contributed by atoms with van der Waals surface area (Å²) in [4.78, 5) is 14.2. The van der Waals surface area contributed by atoms with Gasteiger partial charge in [0.25, 0.3) is 0 Å². The number of sulfone groups is 1. The van der Waals surface area contributed by atoms with Crippen LogP contribution >= 0.6 is 0 Å². The van der Waals surface area contributed by atoms with Crippen LogP contribution in [-0.2, 0) is 14.6 Å². The molecule has 6 heteroatoms. The fraction of sp³-hybridized carbons (Fsp3) is 0.923. The number of carbonyl (C=O) groups excluding carboxylic acids is 1. The van der Waals surface area contributed by atoms with E-state index >= 15 is 0 Å². The van der Waals surface area contributed by atoms with Crippen LogP contribution in [0.4, 0.5) is 0 Å². The number of amides is 1. The monoisotopic (exact) mass is 288 g/mol. The Labute approximate surface area is 115 Å². The van der Waals surface area contributed by atoms with Gasteiger partial charge in [0, 0.05) is 13.1 Å². The van der Waals surface area contributed by atoms with Crippen LogP contribution in [0.15, 0.2) is 0 Å². The Balaban J connectivity index is 2.08. The summed E-state index contributed by atoms with van der Waals surface area (Å²) in [7, 11) is -1.18. The number of likely N-dealkylation sites (tertiary alicyclic amines) is 1. The van der Waals surface area contributed by atoms with Crippen LogP contribution < -0.4 is 5.32 Å². The number of rotatable bonds is 3. The van der Waals surface area contributed by atoms with Crippen molar-refractivity contribution in [1.82, 2.24) is 10.2 Å². The summed E-state index contributed by atoms with van der Waals surface area (Å²) in [5.41, 5.74) is 0. The van der Waals surface area contributed by atoms with Crippen LogP contribution in [-0.4, -0.2) is 56.4 Å². The molecule has 2 saturated heterocycles. The summed E-state index contributed by atoms with van der Waals surface area (Å²) in [6.45, 7) is 3.21. The van der Waals surface area contributed by atoms with E-state index in [9.17, 15) is 13.2 Å². The number of carbonyl (C=O) groups is 1. The molecule has 0 bridgehead atoms. The minimum absolute atomic E-state index is 0.0638. The Morgan fingerprint density at radius 3 is 2.68 bits per heavy atom. The number of nitrogens with zero attached hydrogens (tertiary/aromatic N) is 1. The molecule has 1 amide bonds. The lowest BCUT2D eigenvalue weighted by molar-refractivity contribution is -0.132. The molecule has 2 aliphatic rings. The van der Waals surface area contributed by atoms with E-state index in [2.05, 4.69) is 12.2 Å². The van der Waals surface area contributed by atoms with Gasteiger partial charge in [-0.15, -0.1) is 0 Å². The molecular formula is C13H24N2O3S. The quantitative estimate of drug-likeness (QED) is 0.817. The topological polar surface area (TPSA) is 66.5 Å². The standard InChI is InChI=1S/C13H24N2O3S/c1-10-5-6-15(13(16)12(8-10)14-2)9-11-4-3-7-19(11,17)18/h10-12,14H,3-9H2,1-2H3. The van der Waals surface area contributed by atoms with Gasteiger partial charge in [0.1, 0.15) is 0 Å². The second-order valence-electron chi connectivity index (χ2n) is 5.89. The maximum atomic E-state index is 12.4. The van der Waals surface area contributed by atoms with Crippen molar-refractivity contribution >= 4 is 15.7 Å². The fourth-order valence-corrected chi connectivity index (χ4v) is 4.89. The average molecular weight is 288 g/mol. The molecule has 3 unspecified atom stereocenters. The molecule has 0 radical (unpaired) electrons. The number of likely N-dealkylation sites (N-methyl/N-ethyl adjacent to an activating group) is 1. The molecular weight excluding hydrogens is 264 g/mol. The fourth-order valence-electron chi connectivity index (χ4n) is 3.06. The maximum Gasteiger partial charge on any atom is 0.239 e. The van der Waals surface area contributed by atoms with E-state index in [1.807, 2.05) is 0 Å². The van der Waals surface area contributed by atoms with Crippen molar-refractivity contribution < 1.29 is 13.2 Å². The van der Waals surface area contributed by atoms with Gasteiger partial charge in [-0.1, -0.05) is 6.92 Å². The summed E-state index contributed by atoms with van der Waals surface area (Å²) >= 11 is 0. The van der Waals surface area contributed by atoms with Crippen molar-refractivity contribution in [3.63, 3.8) is 0 Å². The Kier molecular flexibility index (Phi) is 4.50. The van der Waals surface area contributed by atoms with Crippen LogP contribution in [0.2, 0.25) is 0 Å². The van der Waals surface area contributed by atoms with E-state index in [0.717, 1.165) is 19.3 Å². The summed E-state index contributed by atoms with van der Waals surface area (Å²) in [5, 5.41) is 2.71. The van der Waals surface area contributed by atoms with Gasteiger partial charge in [-0.3, -0.25) is 4.79 Å². The zero-order valence-corrected chi connectivity index (χ0v) is 12.6. The van der Waals surface area contributed by atoms with Gasteiger partial charge < -0.3 is 10.2 Å². The highest BCUT2D eigenvalue weighted by molar-refractivity contribution is 7.92. The SMILES string of the molecule is CNC1CC(C)CCN(CC2CCCS2(=O)=O)C1=O. The van der Waals surface area contributed by atoms with Crippen molar-refractivity contribution in [2.45, 2.75) is 43.9 Å². The molecule has 3 atom stereocenters. The van der Waals surface area contributed by atoms with E-state index in [4.69, 9.17) is 0 Å². The Morgan fingerprint density at radius 1 is 1.37 bits per heavy atom. The third-order valence-electron chi connectivity index (χ3n) is 4.37. The van der Waals surface area contributed by atoms with Crippen LogP contribution in [0.1, 0.15) is 32.6 Å². The highest BCUT2D eigenvalue weighted by Gasteiger charge is 2.36. The zero-order chi connectivity index (χ0) is 14.0. The van der Waals surface area contributed by atoms with Crippen LogP contribution in [0.5, 0.6) is 0 Å². The number of hydrogen-bond donors (Lipinski definition) is 1. The maximum absolute atomic E-state index is 12.4. The highest BCUT2D eigenvalue weighted by Crippen LogP contribution is 2.24. The molecule has 0 aliphatic carbocycles. The number of nitrogens with one attached hydrogen (secondary N) is 1. The first-order valence-electron chi connectivity index (χ1n) is 7.11. The van der Waals surface area contributed by atoms with Gasteiger partial charge >= 0.3 is 0 Å². The largest absolute Gasteiger partial charge is 0.340 e. The normalized spacial score (nSPS) is 35.4. The van der Waals surface area contributed by atoms with E-state index in [0.29, 0.717) is 25.4 Å². The van der Waals surface area contributed by atoms with E-state index in [1.54, 1.807) is 11.9 Å². The third kappa shape index (κ3) is 3.28. The van der Waals surface area contributed by atoms with Crippen LogP contribution in [0.25, 0.3) is 0 Å². The Hall–Kier alpha value is -0.620. The van der Waals surface area contributed by atoms with Crippen molar-refractivity contribution in [3.8, 4) is 0 Å². The average Bonchev–Trinajstić information content (AvgIpc) is 2.62. The zero-order valence-electron chi connectivity index (χ0n) is 11.8. The predicted molar refractivity (Wildman–Crippen MR) is 74.6 cm³/mol. The second-order valence-corrected chi connectivity index (χ2v) is 8.29. The van der Waals surface area contributed by atoms with Crippen molar-refractivity contribution in [1.29, 1.82) is 0 Å². The molecule has 2 heterocycles. The van der Waals surface area contributed by atoms with E-state index in [1.165, 1.54) is 0 Å². The van der Waals surface area contributed by atoms with E-state index < -0.39 is 9.84 Å². The molecule has 0 saturated carbocycles. The lowest BCUT2D eigenvalue weighted by atomic mass is 10.0. The summed E-state index contributed by atoms with van der Waals surface area (Å²) in [5.74, 6) is 0.839.